The van der Waals surface area contributed by atoms with Crippen molar-refractivity contribution in [2.75, 3.05) is 6.54 Å². The van der Waals surface area contributed by atoms with Gasteiger partial charge < -0.3 is 0 Å². The van der Waals surface area contributed by atoms with Crippen LogP contribution < -0.4 is 0 Å². The molecule has 0 aliphatic carbocycles. The molecule has 0 aromatic rings. The number of rotatable bonds is 1. The average molecular weight is 140 g/mol. The molecule has 0 amide bonds. The monoisotopic (exact) mass is 140 g/mol. The fraction of sp³-hybridized carbons (Fsp3) is 0.500. The van der Waals surface area contributed by atoms with Crippen molar-refractivity contribution >= 4 is 6.21 Å². The molecule has 0 saturated heterocycles. The van der Waals surface area contributed by atoms with Crippen LogP contribution in [0.4, 0.5) is 0 Å². The molecule has 0 radical (unpaired) electrons. The number of dihydropyridines is 1. The van der Waals surface area contributed by atoms with Gasteiger partial charge in [-0.1, -0.05) is 0 Å². The molecular weight excluding hydrogens is 132 g/mol. The molecule has 1 atom stereocenters. The summed E-state index contributed by atoms with van der Waals surface area (Å²) in [7, 11) is 0. The van der Waals surface area contributed by atoms with E-state index < -0.39 is 5.54 Å². The standard InChI is InChI=1S/C6H8N2O2/c1-6(8(9)10)3-2-4-7-5-6/h2-4H,5H2,1H3. The Bertz CT molecular complexity index is 210. The molecule has 0 N–H and O–H groups in total. The van der Waals surface area contributed by atoms with E-state index in [1.54, 1.807) is 25.3 Å². The van der Waals surface area contributed by atoms with E-state index in [4.69, 9.17) is 0 Å². The number of allylic oxidation sites excluding steroid dienone is 1. The Hall–Kier alpha value is -1.19. The Kier molecular flexibility index (Phi) is 1.53. The van der Waals surface area contributed by atoms with Crippen LogP contribution >= 0.6 is 0 Å². The summed E-state index contributed by atoms with van der Waals surface area (Å²) in [6.45, 7) is 1.80. The lowest BCUT2D eigenvalue weighted by Gasteiger charge is -2.15. The summed E-state index contributed by atoms with van der Waals surface area (Å²) in [5.74, 6) is 0. The zero-order valence-electron chi connectivity index (χ0n) is 5.65. The second-order valence-electron chi connectivity index (χ2n) is 2.46. The first-order chi connectivity index (χ1) is 4.65. The fourth-order valence-corrected chi connectivity index (χ4v) is 0.720. The van der Waals surface area contributed by atoms with Crippen molar-refractivity contribution in [2.24, 2.45) is 4.99 Å². The summed E-state index contributed by atoms with van der Waals surface area (Å²) in [5, 5.41) is 10.4. The van der Waals surface area contributed by atoms with Crippen molar-refractivity contribution in [1.82, 2.24) is 0 Å². The van der Waals surface area contributed by atoms with Crippen molar-refractivity contribution in [1.29, 1.82) is 0 Å². The van der Waals surface area contributed by atoms with E-state index in [1.165, 1.54) is 0 Å². The van der Waals surface area contributed by atoms with E-state index in [1.807, 2.05) is 0 Å². The van der Waals surface area contributed by atoms with E-state index in [9.17, 15) is 10.1 Å². The maximum absolute atomic E-state index is 10.4. The zero-order chi connectivity index (χ0) is 7.61. The fourth-order valence-electron chi connectivity index (χ4n) is 0.720. The third-order valence-electron chi connectivity index (χ3n) is 1.48. The molecule has 4 nitrogen and oxygen atoms in total. The Balaban J connectivity index is 2.80. The summed E-state index contributed by atoms with van der Waals surface area (Å²) in [4.78, 5) is 13.8. The van der Waals surface area contributed by atoms with Gasteiger partial charge >= 0.3 is 0 Å². The van der Waals surface area contributed by atoms with Gasteiger partial charge in [-0.15, -0.1) is 0 Å². The molecule has 0 fully saturated rings. The largest absolute Gasteiger partial charge is 0.285 e. The SMILES string of the molecule is CC1([N+](=O)[O-])C=CC=NC1. The lowest BCUT2D eigenvalue weighted by atomic mass is 10.0. The van der Waals surface area contributed by atoms with Gasteiger partial charge in [-0.05, 0) is 12.2 Å². The van der Waals surface area contributed by atoms with Crippen LogP contribution in [0.5, 0.6) is 0 Å². The van der Waals surface area contributed by atoms with Crippen LogP contribution in [-0.4, -0.2) is 23.2 Å². The summed E-state index contributed by atoms with van der Waals surface area (Å²) < 4.78 is 0. The summed E-state index contributed by atoms with van der Waals surface area (Å²) in [6, 6.07) is 0. The Morgan fingerprint density at radius 3 is 2.80 bits per heavy atom. The maximum atomic E-state index is 10.4. The number of aliphatic imine (C=N–C) groups is 1. The molecule has 1 rings (SSSR count). The first-order valence-electron chi connectivity index (χ1n) is 2.97. The molecular formula is C6H8N2O2. The molecule has 1 heterocycles. The van der Waals surface area contributed by atoms with E-state index >= 15 is 0 Å². The Labute approximate surface area is 58.4 Å². The van der Waals surface area contributed by atoms with Crippen molar-refractivity contribution in [3.05, 3.63) is 22.3 Å². The normalized spacial score (nSPS) is 30.5. The van der Waals surface area contributed by atoms with Crippen LogP contribution in [0.25, 0.3) is 0 Å². The van der Waals surface area contributed by atoms with Crippen LogP contribution in [0.1, 0.15) is 6.92 Å². The molecule has 1 aliphatic rings. The van der Waals surface area contributed by atoms with Gasteiger partial charge in [0.15, 0.2) is 0 Å². The Morgan fingerprint density at radius 1 is 1.80 bits per heavy atom. The third kappa shape index (κ3) is 1.05. The predicted octanol–water partition coefficient (Wildman–Crippen LogP) is 0.662. The second-order valence-corrected chi connectivity index (χ2v) is 2.46. The molecule has 0 aromatic carbocycles. The first kappa shape index (κ1) is 6.92. The highest BCUT2D eigenvalue weighted by atomic mass is 16.6. The molecule has 1 unspecified atom stereocenters. The minimum Gasteiger partial charge on any atom is -0.285 e. The highest BCUT2D eigenvalue weighted by Gasteiger charge is 2.34. The number of hydrogen-bond donors (Lipinski definition) is 0. The minimum atomic E-state index is -0.977. The van der Waals surface area contributed by atoms with Crippen molar-refractivity contribution < 1.29 is 4.92 Å². The van der Waals surface area contributed by atoms with Crippen molar-refractivity contribution in [2.45, 2.75) is 12.5 Å². The van der Waals surface area contributed by atoms with Crippen molar-refractivity contribution in [3.63, 3.8) is 0 Å². The maximum Gasteiger partial charge on any atom is 0.257 e. The molecule has 4 heteroatoms. The quantitative estimate of drug-likeness (QED) is 0.397. The van der Waals surface area contributed by atoms with Crippen molar-refractivity contribution in [3.8, 4) is 0 Å². The van der Waals surface area contributed by atoms with E-state index in [0.29, 0.717) is 0 Å². The Morgan fingerprint density at radius 2 is 2.50 bits per heavy atom. The van der Waals surface area contributed by atoms with E-state index in [2.05, 4.69) is 4.99 Å². The van der Waals surface area contributed by atoms with Gasteiger partial charge in [0.25, 0.3) is 5.54 Å². The average Bonchev–Trinajstić information content (AvgIpc) is 1.89. The highest BCUT2D eigenvalue weighted by molar-refractivity contribution is 5.72. The molecule has 54 valence electrons. The molecule has 0 spiro atoms. The van der Waals surface area contributed by atoms with Crippen LogP contribution in [0.2, 0.25) is 0 Å². The number of nitro groups is 1. The topological polar surface area (TPSA) is 55.5 Å². The van der Waals surface area contributed by atoms with Crippen LogP contribution in [0, 0.1) is 10.1 Å². The molecule has 10 heavy (non-hydrogen) atoms. The smallest absolute Gasteiger partial charge is 0.257 e. The van der Waals surface area contributed by atoms with E-state index in [0.717, 1.165) is 0 Å². The molecule has 1 aliphatic heterocycles. The number of hydrogen-bond acceptors (Lipinski definition) is 3. The van der Waals surface area contributed by atoms with Gasteiger partial charge in [0.2, 0.25) is 0 Å². The van der Waals surface area contributed by atoms with Crippen LogP contribution in [0.3, 0.4) is 0 Å². The summed E-state index contributed by atoms with van der Waals surface area (Å²) >= 11 is 0. The van der Waals surface area contributed by atoms with Gasteiger partial charge in [0, 0.05) is 18.1 Å². The predicted molar refractivity (Wildman–Crippen MR) is 37.9 cm³/mol. The molecule has 0 bridgehead atoms. The van der Waals surface area contributed by atoms with Gasteiger partial charge in [0.1, 0.15) is 6.54 Å². The molecule has 0 aromatic heterocycles. The molecule has 0 saturated carbocycles. The van der Waals surface area contributed by atoms with Crippen LogP contribution in [0.15, 0.2) is 17.1 Å². The lowest BCUT2D eigenvalue weighted by molar-refractivity contribution is -0.547. The van der Waals surface area contributed by atoms with Gasteiger partial charge in [-0.3, -0.25) is 15.1 Å². The number of nitrogens with zero attached hydrogens (tertiary/aromatic N) is 2. The summed E-state index contributed by atoms with van der Waals surface area (Å²) in [6.07, 6.45) is 4.73. The van der Waals surface area contributed by atoms with Gasteiger partial charge in [-0.2, -0.15) is 0 Å². The lowest BCUT2D eigenvalue weighted by Crippen LogP contribution is -2.36. The third-order valence-corrected chi connectivity index (χ3v) is 1.48. The highest BCUT2D eigenvalue weighted by Crippen LogP contribution is 2.13. The summed E-state index contributed by atoms with van der Waals surface area (Å²) in [5.41, 5.74) is -0.977. The second kappa shape index (κ2) is 2.21. The van der Waals surface area contributed by atoms with Gasteiger partial charge in [-0.25, -0.2) is 0 Å². The zero-order valence-corrected chi connectivity index (χ0v) is 5.65. The van der Waals surface area contributed by atoms with Gasteiger partial charge in [0.05, 0.1) is 0 Å². The van der Waals surface area contributed by atoms with E-state index in [-0.39, 0.29) is 11.5 Å². The van der Waals surface area contributed by atoms with Crippen LogP contribution in [-0.2, 0) is 0 Å². The minimum absolute atomic E-state index is 0.247. The first-order valence-corrected chi connectivity index (χ1v) is 2.97.